The predicted molar refractivity (Wildman–Crippen MR) is 97.0 cm³/mol. The van der Waals surface area contributed by atoms with Gasteiger partial charge in [0, 0.05) is 12.4 Å². The zero-order valence-electron chi connectivity index (χ0n) is 14.0. The molecular weight excluding hydrogens is 355 g/mol. The van der Waals surface area contributed by atoms with E-state index in [0.717, 1.165) is 17.7 Å². The average molecular weight is 372 g/mol. The lowest BCUT2D eigenvalue weighted by Crippen LogP contribution is -2.30. The fraction of sp³-hybridized carbons (Fsp3) is 0.105. The Labute approximate surface area is 151 Å². The maximum Gasteiger partial charge on any atom is 0.264 e. The van der Waals surface area contributed by atoms with Crippen molar-refractivity contribution in [1.82, 2.24) is 4.98 Å². The first kappa shape index (κ1) is 17.9. The van der Waals surface area contributed by atoms with Crippen molar-refractivity contribution in [3.63, 3.8) is 0 Å². The van der Waals surface area contributed by atoms with Crippen molar-refractivity contribution in [2.24, 2.45) is 0 Å². The van der Waals surface area contributed by atoms with Gasteiger partial charge < -0.3 is 4.74 Å². The number of rotatable bonds is 6. The molecule has 3 rings (SSSR count). The second-order valence-corrected chi connectivity index (χ2v) is 7.39. The molecule has 1 heterocycles. The summed E-state index contributed by atoms with van der Waals surface area (Å²) >= 11 is 0. The summed E-state index contributed by atoms with van der Waals surface area (Å²) in [5.41, 5.74) is 1.20. The third kappa shape index (κ3) is 3.83. The summed E-state index contributed by atoms with van der Waals surface area (Å²) < 4.78 is 45.9. The molecule has 0 aliphatic rings. The summed E-state index contributed by atoms with van der Waals surface area (Å²) in [5, 5.41) is 0. The van der Waals surface area contributed by atoms with Crippen LogP contribution in [0.4, 0.5) is 10.1 Å². The number of nitrogens with zero attached hydrogens (tertiary/aromatic N) is 2. The lowest BCUT2D eigenvalue weighted by molar-refractivity contribution is 0.415. The van der Waals surface area contributed by atoms with Crippen molar-refractivity contribution in [3.05, 3.63) is 84.4 Å². The van der Waals surface area contributed by atoms with Crippen LogP contribution < -0.4 is 9.04 Å². The molecule has 0 radical (unpaired) electrons. The maximum atomic E-state index is 13.2. The van der Waals surface area contributed by atoms with Crippen LogP contribution in [0.1, 0.15) is 5.56 Å². The molecule has 0 unspecified atom stereocenters. The molecule has 3 aromatic rings. The first-order valence-corrected chi connectivity index (χ1v) is 9.26. The Bertz CT molecular complexity index is 960. The number of sulfonamides is 1. The molecule has 0 spiro atoms. The highest BCUT2D eigenvalue weighted by Gasteiger charge is 2.25. The van der Waals surface area contributed by atoms with E-state index >= 15 is 0 Å². The van der Waals surface area contributed by atoms with Gasteiger partial charge in [0.05, 0.1) is 24.2 Å². The standard InChI is InChI=1S/C19H17FN2O3S/c1-25-18-8-6-17(7-9-18)22(14-15-3-2-12-21-13-15)26(23,24)19-10-4-16(20)5-11-19/h2-13H,14H2,1H3. The highest BCUT2D eigenvalue weighted by atomic mass is 32.2. The van der Waals surface area contributed by atoms with Gasteiger partial charge in [0.2, 0.25) is 0 Å². The molecule has 2 aromatic carbocycles. The fourth-order valence-corrected chi connectivity index (χ4v) is 3.91. The van der Waals surface area contributed by atoms with E-state index in [4.69, 9.17) is 4.74 Å². The first-order chi connectivity index (χ1) is 12.5. The highest BCUT2D eigenvalue weighted by molar-refractivity contribution is 7.92. The van der Waals surface area contributed by atoms with Crippen LogP contribution in [0.25, 0.3) is 0 Å². The molecule has 1 aromatic heterocycles. The van der Waals surface area contributed by atoms with Gasteiger partial charge in [-0.1, -0.05) is 6.07 Å². The molecule has 0 atom stereocenters. The summed E-state index contributed by atoms with van der Waals surface area (Å²) in [7, 11) is -2.35. The molecule has 0 bridgehead atoms. The van der Waals surface area contributed by atoms with Crippen molar-refractivity contribution in [2.75, 3.05) is 11.4 Å². The number of pyridine rings is 1. The molecule has 0 fully saturated rings. The second-order valence-electron chi connectivity index (χ2n) is 5.52. The van der Waals surface area contributed by atoms with Gasteiger partial charge in [0.15, 0.2) is 0 Å². The topological polar surface area (TPSA) is 59.5 Å². The minimum Gasteiger partial charge on any atom is -0.497 e. The van der Waals surface area contributed by atoms with Crippen LogP contribution in [-0.2, 0) is 16.6 Å². The molecule has 0 saturated carbocycles. The monoisotopic (exact) mass is 372 g/mol. The number of hydrogen-bond acceptors (Lipinski definition) is 4. The van der Waals surface area contributed by atoms with E-state index in [1.54, 1.807) is 48.8 Å². The Morgan fingerprint density at radius 1 is 1.04 bits per heavy atom. The van der Waals surface area contributed by atoms with Gasteiger partial charge in [0.1, 0.15) is 11.6 Å². The Morgan fingerprint density at radius 3 is 2.31 bits per heavy atom. The molecule has 5 nitrogen and oxygen atoms in total. The van der Waals surface area contributed by atoms with E-state index < -0.39 is 15.8 Å². The Balaban J connectivity index is 2.05. The van der Waals surface area contributed by atoms with E-state index in [0.29, 0.717) is 11.4 Å². The van der Waals surface area contributed by atoms with Crippen molar-refractivity contribution in [3.8, 4) is 5.75 Å². The van der Waals surface area contributed by atoms with Gasteiger partial charge >= 0.3 is 0 Å². The minimum absolute atomic E-state index is 0.0126. The Hall–Kier alpha value is -2.93. The first-order valence-electron chi connectivity index (χ1n) is 7.82. The van der Waals surface area contributed by atoms with Crippen molar-refractivity contribution in [2.45, 2.75) is 11.4 Å². The quantitative estimate of drug-likeness (QED) is 0.663. The normalized spacial score (nSPS) is 11.2. The van der Waals surface area contributed by atoms with E-state index in [1.807, 2.05) is 0 Å². The predicted octanol–water partition coefficient (Wildman–Crippen LogP) is 3.62. The van der Waals surface area contributed by atoms with E-state index in [2.05, 4.69) is 4.98 Å². The highest BCUT2D eigenvalue weighted by Crippen LogP contribution is 2.27. The number of hydrogen-bond donors (Lipinski definition) is 0. The lowest BCUT2D eigenvalue weighted by atomic mass is 10.2. The van der Waals surface area contributed by atoms with Gasteiger partial charge in [0.25, 0.3) is 10.0 Å². The number of anilines is 1. The number of ether oxygens (including phenoxy) is 1. The van der Waals surface area contributed by atoms with Crippen LogP contribution in [0.2, 0.25) is 0 Å². The molecule has 0 saturated heterocycles. The van der Waals surface area contributed by atoms with Crippen molar-refractivity contribution in [1.29, 1.82) is 0 Å². The van der Waals surface area contributed by atoms with Crippen LogP contribution in [-0.4, -0.2) is 20.5 Å². The van der Waals surface area contributed by atoms with Gasteiger partial charge in [-0.15, -0.1) is 0 Å². The summed E-state index contributed by atoms with van der Waals surface area (Å²) in [6, 6.07) is 15.0. The summed E-state index contributed by atoms with van der Waals surface area (Å²) in [6.45, 7) is 0.0971. The van der Waals surface area contributed by atoms with Crippen molar-refractivity contribution >= 4 is 15.7 Å². The largest absolute Gasteiger partial charge is 0.497 e. The molecule has 26 heavy (non-hydrogen) atoms. The molecule has 0 N–H and O–H groups in total. The van der Waals surface area contributed by atoms with Gasteiger partial charge in [-0.25, -0.2) is 12.8 Å². The molecule has 0 amide bonds. The molecule has 134 valence electrons. The second kappa shape index (κ2) is 7.53. The fourth-order valence-electron chi connectivity index (χ4n) is 2.45. The zero-order valence-corrected chi connectivity index (χ0v) is 14.9. The Morgan fingerprint density at radius 2 is 1.73 bits per heavy atom. The summed E-state index contributed by atoms with van der Waals surface area (Å²) in [5.74, 6) is 0.126. The molecule has 0 aliphatic carbocycles. The molecule has 7 heteroatoms. The summed E-state index contributed by atoms with van der Waals surface area (Å²) in [4.78, 5) is 4.05. The third-order valence-electron chi connectivity index (χ3n) is 3.81. The number of methoxy groups -OCH3 is 1. The lowest BCUT2D eigenvalue weighted by Gasteiger charge is -2.24. The van der Waals surface area contributed by atoms with Crippen molar-refractivity contribution < 1.29 is 17.5 Å². The SMILES string of the molecule is COc1ccc(N(Cc2cccnc2)S(=O)(=O)c2ccc(F)cc2)cc1. The molecular formula is C19H17FN2O3S. The number of halogens is 1. The van der Waals surface area contributed by atoms with E-state index in [-0.39, 0.29) is 11.4 Å². The number of aromatic nitrogens is 1. The zero-order chi connectivity index (χ0) is 18.6. The van der Waals surface area contributed by atoms with E-state index in [9.17, 15) is 12.8 Å². The maximum absolute atomic E-state index is 13.2. The average Bonchev–Trinajstić information content (AvgIpc) is 2.67. The van der Waals surface area contributed by atoms with Crippen LogP contribution >= 0.6 is 0 Å². The van der Waals surface area contributed by atoms with Crippen LogP contribution in [0, 0.1) is 5.82 Å². The van der Waals surface area contributed by atoms with E-state index in [1.165, 1.54) is 23.5 Å². The van der Waals surface area contributed by atoms with Crippen LogP contribution in [0.3, 0.4) is 0 Å². The minimum atomic E-state index is -3.89. The molecule has 0 aliphatic heterocycles. The Kier molecular flexibility index (Phi) is 5.18. The third-order valence-corrected chi connectivity index (χ3v) is 5.60. The number of benzene rings is 2. The summed E-state index contributed by atoms with van der Waals surface area (Å²) in [6.07, 6.45) is 3.23. The smallest absolute Gasteiger partial charge is 0.264 e. The van der Waals surface area contributed by atoms with Gasteiger partial charge in [-0.2, -0.15) is 0 Å². The van der Waals surface area contributed by atoms with Crippen LogP contribution in [0.15, 0.2) is 78.0 Å². The van der Waals surface area contributed by atoms with Gasteiger partial charge in [-0.05, 0) is 60.2 Å². The van der Waals surface area contributed by atoms with Gasteiger partial charge in [-0.3, -0.25) is 9.29 Å². The van der Waals surface area contributed by atoms with Crippen LogP contribution in [0.5, 0.6) is 5.75 Å².